The molecule has 1 heteroatoms. The van der Waals surface area contributed by atoms with Crippen LogP contribution < -0.4 is 0 Å². The van der Waals surface area contributed by atoms with Crippen molar-refractivity contribution in [2.75, 3.05) is 0 Å². The van der Waals surface area contributed by atoms with Crippen LogP contribution >= 0.6 is 15.9 Å². The summed E-state index contributed by atoms with van der Waals surface area (Å²) in [7, 11) is 0. The molecule has 0 aromatic rings. The van der Waals surface area contributed by atoms with E-state index in [0.29, 0.717) is 4.83 Å². The summed E-state index contributed by atoms with van der Waals surface area (Å²) in [6.07, 6.45) is 7.87. The predicted octanol–water partition coefficient (Wildman–Crippen LogP) is 2.03. The molecule has 0 aromatic carbocycles. The van der Waals surface area contributed by atoms with Gasteiger partial charge in [-0.1, -0.05) is 28.1 Å². The van der Waals surface area contributed by atoms with Crippen LogP contribution in [0.5, 0.6) is 0 Å². The van der Waals surface area contributed by atoms with Crippen LogP contribution in [0.4, 0.5) is 0 Å². The summed E-state index contributed by atoms with van der Waals surface area (Å²) in [5.41, 5.74) is 2.95. The Labute approximate surface area is 51.4 Å². The molecular weight excluding hydrogens is 152 g/mol. The molecule has 0 saturated heterocycles. The molecule has 1 rings (SSSR count). The van der Waals surface area contributed by atoms with Gasteiger partial charge in [-0.25, -0.2) is 0 Å². The van der Waals surface area contributed by atoms with E-state index in [1.807, 2.05) is 18.2 Å². The Bertz CT molecular complexity index is 138. The van der Waals surface area contributed by atoms with Gasteiger partial charge in [-0.2, -0.15) is 0 Å². The third-order valence-electron chi connectivity index (χ3n) is 0.743. The Morgan fingerprint density at radius 1 is 1.57 bits per heavy atom. The molecule has 0 bridgehead atoms. The maximum Gasteiger partial charge on any atom is 0.0583 e. The standard InChI is InChI=1S/C6H5Br/c7-6-4-2-1-3-5-6/h1-2,4-6H. The molecular formula is C6H5Br. The summed E-state index contributed by atoms with van der Waals surface area (Å²) in [4.78, 5) is 0.400. The van der Waals surface area contributed by atoms with Crippen molar-refractivity contribution in [3.8, 4) is 0 Å². The SMILES string of the molecule is BrC1C=C=CC=C1. The van der Waals surface area contributed by atoms with E-state index in [0.717, 1.165) is 0 Å². The van der Waals surface area contributed by atoms with Gasteiger partial charge in [0.05, 0.1) is 4.83 Å². The molecule has 1 aliphatic rings. The van der Waals surface area contributed by atoms with Crippen molar-refractivity contribution in [2.45, 2.75) is 4.83 Å². The van der Waals surface area contributed by atoms with Crippen molar-refractivity contribution >= 4 is 15.9 Å². The highest BCUT2D eigenvalue weighted by Gasteiger charge is 1.89. The number of hydrogen-bond acceptors (Lipinski definition) is 0. The molecule has 0 saturated carbocycles. The summed E-state index contributed by atoms with van der Waals surface area (Å²) in [5, 5.41) is 0. The van der Waals surface area contributed by atoms with Crippen LogP contribution in [0.2, 0.25) is 0 Å². The van der Waals surface area contributed by atoms with E-state index in [4.69, 9.17) is 0 Å². The number of hydrogen-bond donors (Lipinski definition) is 0. The molecule has 0 amide bonds. The van der Waals surface area contributed by atoms with E-state index >= 15 is 0 Å². The lowest BCUT2D eigenvalue weighted by Crippen LogP contribution is -1.83. The van der Waals surface area contributed by atoms with Gasteiger partial charge in [0.15, 0.2) is 0 Å². The van der Waals surface area contributed by atoms with Crippen molar-refractivity contribution < 1.29 is 0 Å². The van der Waals surface area contributed by atoms with Gasteiger partial charge in [0.1, 0.15) is 0 Å². The van der Waals surface area contributed by atoms with Crippen LogP contribution in [0.15, 0.2) is 30.0 Å². The monoisotopic (exact) mass is 156 g/mol. The average molecular weight is 157 g/mol. The minimum Gasteiger partial charge on any atom is -0.124 e. The maximum absolute atomic E-state index is 3.36. The second-order valence-corrected chi connectivity index (χ2v) is 2.39. The highest BCUT2D eigenvalue weighted by molar-refractivity contribution is 9.09. The molecule has 0 heterocycles. The Hall–Kier alpha value is -0.260. The molecule has 0 spiro atoms. The molecule has 7 heavy (non-hydrogen) atoms. The van der Waals surface area contributed by atoms with Crippen LogP contribution in [-0.2, 0) is 0 Å². The number of alkyl halides is 1. The molecule has 0 nitrogen and oxygen atoms in total. The minimum absolute atomic E-state index is 0.400. The van der Waals surface area contributed by atoms with Gasteiger partial charge in [-0.3, -0.25) is 0 Å². The fourth-order valence-corrected chi connectivity index (χ4v) is 0.749. The van der Waals surface area contributed by atoms with Crippen LogP contribution in [0, 0.1) is 0 Å². The van der Waals surface area contributed by atoms with Crippen LogP contribution in [0.25, 0.3) is 0 Å². The van der Waals surface area contributed by atoms with E-state index in [2.05, 4.69) is 27.7 Å². The first-order valence-electron chi connectivity index (χ1n) is 2.13. The molecule has 36 valence electrons. The topological polar surface area (TPSA) is 0 Å². The average Bonchev–Trinajstić information content (AvgIpc) is 1.69. The lowest BCUT2D eigenvalue weighted by Gasteiger charge is -1.92. The maximum atomic E-state index is 3.36. The zero-order valence-corrected chi connectivity index (χ0v) is 5.35. The van der Waals surface area contributed by atoms with Crippen LogP contribution in [0.1, 0.15) is 0 Å². The predicted molar refractivity (Wildman–Crippen MR) is 34.5 cm³/mol. The second kappa shape index (κ2) is 2.15. The highest BCUT2D eigenvalue weighted by atomic mass is 79.9. The largest absolute Gasteiger partial charge is 0.124 e. The van der Waals surface area contributed by atoms with Gasteiger partial charge in [0.25, 0.3) is 0 Å². The Balaban J connectivity index is 2.77. The quantitative estimate of drug-likeness (QED) is 0.372. The summed E-state index contributed by atoms with van der Waals surface area (Å²) < 4.78 is 0. The van der Waals surface area contributed by atoms with Crippen molar-refractivity contribution in [1.82, 2.24) is 0 Å². The normalized spacial score (nSPS) is 26.1. The van der Waals surface area contributed by atoms with Crippen molar-refractivity contribution in [3.05, 3.63) is 30.0 Å². The van der Waals surface area contributed by atoms with Crippen LogP contribution in [-0.4, -0.2) is 4.83 Å². The van der Waals surface area contributed by atoms with Crippen molar-refractivity contribution in [2.24, 2.45) is 0 Å². The zero-order chi connectivity index (χ0) is 5.11. The highest BCUT2D eigenvalue weighted by Crippen LogP contribution is 2.04. The lowest BCUT2D eigenvalue weighted by atomic mass is 10.3. The first-order chi connectivity index (χ1) is 3.39. The molecule has 0 fully saturated rings. The molecule has 1 aliphatic carbocycles. The van der Waals surface area contributed by atoms with E-state index in [-0.39, 0.29) is 0 Å². The van der Waals surface area contributed by atoms with Gasteiger partial charge in [-0.15, -0.1) is 5.73 Å². The summed E-state index contributed by atoms with van der Waals surface area (Å²) in [6, 6.07) is 0. The number of allylic oxidation sites excluding steroid dienone is 3. The fraction of sp³-hybridized carbons (Fsp3) is 0.167. The first-order valence-corrected chi connectivity index (χ1v) is 3.04. The van der Waals surface area contributed by atoms with Crippen molar-refractivity contribution in [1.29, 1.82) is 0 Å². The van der Waals surface area contributed by atoms with Gasteiger partial charge in [0, 0.05) is 0 Å². The van der Waals surface area contributed by atoms with E-state index in [1.165, 1.54) is 0 Å². The molecule has 1 atom stereocenters. The van der Waals surface area contributed by atoms with E-state index in [9.17, 15) is 0 Å². The summed E-state index contributed by atoms with van der Waals surface area (Å²) >= 11 is 3.36. The second-order valence-electron chi connectivity index (χ2n) is 1.33. The molecule has 0 radical (unpaired) electrons. The fourth-order valence-electron chi connectivity index (χ4n) is 0.420. The Morgan fingerprint density at radius 2 is 2.43 bits per heavy atom. The summed E-state index contributed by atoms with van der Waals surface area (Å²) in [6.45, 7) is 0. The summed E-state index contributed by atoms with van der Waals surface area (Å²) in [5.74, 6) is 0. The first kappa shape index (κ1) is 4.89. The number of halogens is 1. The molecule has 0 N–H and O–H groups in total. The smallest absolute Gasteiger partial charge is 0.0583 e. The minimum atomic E-state index is 0.400. The lowest BCUT2D eigenvalue weighted by molar-refractivity contribution is 1.43. The Morgan fingerprint density at radius 3 is 2.71 bits per heavy atom. The van der Waals surface area contributed by atoms with Crippen LogP contribution in [0.3, 0.4) is 0 Å². The third kappa shape index (κ3) is 1.34. The molecule has 1 unspecified atom stereocenters. The third-order valence-corrected chi connectivity index (χ3v) is 1.31. The Kier molecular flexibility index (Phi) is 1.50. The van der Waals surface area contributed by atoms with E-state index in [1.54, 1.807) is 0 Å². The number of rotatable bonds is 0. The molecule has 0 aromatic heterocycles. The van der Waals surface area contributed by atoms with Gasteiger partial charge < -0.3 is 0 Å². The van der Waals surface area contributed by atoms with Gasteiger partial charge in [0.2, 0.25) is 0 Å². The van der Waals surface area contributed by atoms with E-state index < -0.39 is 0 Å². The van der Waals surface area contributed by atoms with Crippen molar-refractivity contribution in [3.63, 3.8) is 0 Å². The van der Waals surface area contributed by atoms with Gasteiger partial charge in [-0.05, 0) is 12.2 Å². The zero-order valence-electron chi connectivity index (χ0n) is 3.76. The molecule has 0 aliphatic heterocycles. The van der Waals surface area contributed by atoms with Gasteiger partial charge >= 0.3 is 0 Å².